The molecule has 0 radical (unpaired) electrons. The second-order valence-electron chi connectivity index (χ2n) is 5.11. The van der Waals surface area contributed by atoms with Gasteiger partial charge < -0.3 is 5.32 Å². The summed E-state index contributed by atoms with van der Waals surface area (Å²) < 4.78 is 2.07. The van der Waals surface area contributed by atoms with E-state index in [0.717, 1.165) is 6.54 Å². The molecule has 3 rings (SSSR count). The number of hydrogen-bond donors (Lipinski definition) is 1. The van der Waals surface area contributed by atoms with E-state index in [2.05, 4.69) is 52.5 Å². The van der Waals surface area contributed by atoms with E-state index < -0.39 is 0 Å². The first-order chi connectivity index (χ1) is 8.78. The molecule has 3 nitrogen and oxygen atoms in total. The van der Waals surface area contributed by atoms with Gasteiger partial charge in [-0.2, -0.15) is 5.10 Å². The lowest BCUT2D eigenvalue weighted by Gasteiger charge is -2.29. The third kappa shape index (κ3) is 1.95. The average molecular weight is 241 g/mol. The first-order valence-corrected chi connectivity index (χ1v) is 6.55. The molecule has 2 unspecified atom stereocenters. The molecule has 3 heteroatoms. The van der Waals surface area contributed by atoms with Crippen LogP contribution in [0.5, 0.6) is 0 Å². The van der Waals surface area contributed by atoms with Gasteiger partial charge >= 0.3 is 0 Å². The molecular weight excluding hydrogens is 222 g/mol. The number of aromatic nitrogens is 2. The Morgan fingerprint density at radius 2 is 2.28 bits per heavy atom. The van der Waals surface area contributed by atoms with E-state index in [1.165, 1.54) is 23.1 Å². The third-order valence-corrected chi connectivity index (χ3v) is 3.95. The van der Waals surface area contributed by atoms with Gasteiger partial charge in [-0.3, -0.25) is 4.68 Å². The van der Waals surface area contributed by atoms with Gasteiger partial charge in [0.15, 0.2) is 0 Å². The van der Waals surface area contributed by atoms with Crippen molar-refractivity contribution in [1.29, 1.82) is 0 Å². The van der Waals surface area contributed by atoms with E-state index in [-0.39, 0.29) is 0 Å². The fourth-order valence-electron chi connectivity index (χ4n) is 2.62. The maximum Gasteiger partial charge on any atom is 0.0537 e. The lowest BCUT2D eigenvalue weighted by Crippen LogP contribution is -2.22. The molecule has 0 spiro atoms. The molecule has 18 heavy (non-hydrogen) atoms. The summed E-state index contributed by atoms with van der Waals surface area (Å²) in [7, 11) is 1.98. The maximum atomic E-state index is 4.46. The van der Waals surface area contributed by atoms with Crippen LogP contribution in [-0.4, -0.2) is 16.8 Å². The Balaban J connectivity index is 1.70. The number of benzene rings is 1. The summed E-state index contributed by atoms with van der Waals surface area (Å²) in [6.45, 7) is 3.15. The van der Waals surface area contributed by atoms with Gasteiger partial charge in [0.25, 0.3) is 0 Å². The first kappa shape index (κ1) is 11.5. The molecule has 0 bridgehead atoms. The average Bonchev–Trinajstić information content (AvgIpc) is 2.84. The van der Waals surface area contributed by atoms with Gasteiger partial charge in [-0.1, -0.05) is 24.3 Å². The minimum Gasteiger partial charge on any atom is -0.313 e. The Kier molecular flexibility index (Phi) is 2.92. The Hall–Kier alpha value is -1.61. The van der Waals surface area contributed by atoms with Crippen molar-refractivity contribution in [2.24, 2.45) is 0 Å². The first-order valence-electron chi connectivity index (χ1n) is 6.55. The molecule has 0 fully saturated rings. The SMILES string of the molecule is CNC(C)c1cnn(CC2Cc3ccccc32)c1. The zero-order valence-electron chi connectivity index (χ0n) is 10.9. The highest BCUT2D eigenvalue weighted by Crippen LogP contribution is 2.35. The number of fused-ring (bicyclic) bond motifs is 1. The molecule has 94 valence electrons. The molecule has 1 N–H and O–H groups in total. The topological polar surface area (TPSA) is 29.9 Å². The summed E-state index contributed by atoms with van der Waals surface area (Å²) in [6, 6.07) is 9.08. The lowest BCUT2D eigenvalue weighted by atomic mass is 9.78. The summed E-state index contributed by atoms with van der Waals surface area (Å²) in [6.07, 6.45) is 5.31. The molecule has 1 aliphatic rings. The molecule has 0 saturated heterocycles. The predicted molar refractivity (Wildman–Crippen MR) is 72.6 cm³/mol. The second-order valence-corrected chi connectivity index (χ2v) is 5.11. The van der Waals surface area contributed by atoms with Crippen molar-refractivity contribution in [2.75, 3.05) is 7.05 Å². The highest BCUT2D eigenvalue weighted by atomic mass is 15.3. The summed E-state index contributed by atoms with van der Waals surface area (Å²) in [4.78, 5) is 0. The molecular formula is C15H19N3. The third-order valence-electron chi connectivity index (χ3n) is 3.95. The zero-order valence-corrected chi connectivity index (χ0v) is 10.9. The largest absolute Gasteiger partial charge is 0.313 e. The molecule has 0 amide bonds. The van der Waals surface area contributed by atoms with Crippen LogP contribution in [0.15, 0.2) is 36.7 Å². The van der Waals surface area contributed by atoms with Gasteiger partial charge in [-0.25, -0.2) is 0 Å². The molecule has 1 aliphatic carbocycles. The van der Waals surface area contributed by atoms with Gasteiger partial charge in [0, 0.05) is 30.3 Å². The lowest BCUT2D eigenvalue weighted by molar-refractivity contribution is 0.474. The number of hydrogen-bond acceptors (Lipinski definition) is 2. The standard InChI is InChI=1S/C15H19N3/c1-11(16-2)14-8-17-18(10-14)9-13-7-12-5-3-4-6-15(12)13/h3-6,8,10-11,13,16H,7,9H2,1-2H3. The van der Waals surface area contributed by atoms with Crippen LogP contribution in [0.25, 0.3) is 0 Å². The maximum absolute atomic E-state index is 4.46. The summed E-state index contributed by atoms with van der Waals surface area (Å²) in [5.74, 6) is 0.638. The highest BCUT2D eigenvalue weighted by molar-refractivity contribution is 5.39. The summed E-state index contributed by atoms with van der Waals surface area (Å²) in [5, 5.41) is 7.69. The van der Waals surface area contributed by atoms with Crippen LogP contribution in [0.3, 0.4) is 0 Å². The minimum atomic E-state index is 0.368. The van der Waals surface area contributed by atoms with Crippen molar-refractivity contribution in [2.45, 2.75) is 31.8 Å². The van der Waals surface area contributed by atoms with Crippen LogP contribution < -0.4 is 5.32 Å². The zero-order chi connectivity index (χ0) is 12.5. The molecule has 0 aliphatic heterocycles. The second kappa shape index (κ2) is 4.58. The van der Waals surface area contributed by atoms with Crippen LogP contribution >= 0.6 is 0 Å². The Labute approximate surface area is 108 Å². The van der Waals surface area contributed by atoms with E-state index in [0.29, 0.717) is 12.0 Å². The van der Waals surface area contributed by atoms with Crippen LogP contribution in [0.1, 0.15) is 35.6 Å². The van der Waals surface area contributed by atoms with E-state index >= 15 is 0 Å². The molecule has 1 heterocycles. The van der Waals surface area contributed by atoms with Gasteiger partial charge in [0.05, 0.1) is 6.20 Å². The molecule has 2 aromatic rings. The van der Waals surface area contributed by atoms with Gasteiger partial charge in [-0.15, -0.1) is 0 Å². The van der Waals surface area contributed by atoms with Crippen molar-refractivity contribution in [1.82, 2.24) is 15.1 Å². The summed E-state index contributed by atoms with van der Waals surface area (Å²) >= 11 is 0. The van der Waals surface area contributed by atoms with Crippen molar-refractivity contribution >= 4 is 0 Å². The number of nitrogens with one attached hydrogen (secondary N) is 1. The monoisotopic (exact) mass is 241 g/mol. The van der Waals surface area contributed by atoms with Crippen LogP contribution in [0.2, 0.25) is 0 Å². The fraction of sp³-hybridized carbons (Fsp3) is 0.400. The minimum absolute atomic E-state index is 0.368. The van der Waals surface area contributed by atoms with Crippen molar-refractivity contribution in [3.63, 3.8) is 0 Å². The van der Waals surface area contributed by atoms with Crippen molar-refractivity contribution in [3.8, 4) is 0 Å². The van der Waals surface area contributed by atoms with E-state index in [1.807, 2.05) is 13.2 Å². The molecule has 0 saturated carbocycles. The number of rotatable bonds is 4. The normalized spacial score (nSPS) is 19.1. The Morgan fingerprint density at radius 1 is 1.44 bits per heavy atom. The van der Waals surface area contributed by atoms with E-state index in [4.69, 9.17) is 0 Å². The van der Waals surface area contributed by atoms with E-state index in [1.54, 1.807) is 0 Å². The molecule has 1 aromatic heterocycles. The van der Waals surface area contributed by atoms with Gasteiger partial charge in [-0.05, 0) is 31.5 Å². The smallest absolute Gasteiger partial charge is 0.0537 e. The molecule has 2 atom stereocenters. The number of nitrogens with zero attached hydrogens (tertiary/aromatic N) is 2. The molecule has 1 aromatic carbocycles. The predicted octanol–water partition coefficient (Wildman–Crippen LogP) is 2.50. The quantitative estimate of drug-likeness (QED) is 0.891. The van der Waals surface area contributed by atoms with Crippen LogP contribution in [0.4, 0.5) is 0 Å². The fourth-order valence-corrected chi connectivity index (χ4v) is 2.62. The van der Waals surface area contributed by atoms with Crippen molar-refractivity contribution < 1.29 is 0 Å². The van der Waals surface area contributed by atoms with E-state index in [9.17, 15) is 0 Å². The van der Waals surface area contributed by atoms with Crippen molar-refractivity contribution in [3.05, 3.63) is 53.3 Å². The van der Waals surface area contributed by atoms with Crippen LogP contribution in [-0.2, 0) is 13.0 Å². The highest BCUT2D eigenvalue weighted by Gasteiger charge is 2.25. The Bertz CT molecular complexity index is 544. The van der Waals surface area contributed by atoms with Gasteiger partial charge in [0.2, 0.25) is 0 Å². The summed E-state index contributed by atoms with van der Waals surface area (Å²) in [5.41, 5.74) is 4.25. The van der Waals surface area contributed by atoms with Crippen LogP contribution in [0, 0.1) is 0 Å². The Morgan fingerprint density at radius 3 is 3.06 bits per heavy atom. The van der Waals surface area contributed by atoms with Gasteiger partial charge in [0.1, 0.15) is 0 Å².